The zero-order chi connectivity index (χ0) is 15.6. The third-order valence-electron chi connectivity index (χ3n) is 3.63. The number of alkyl halides is 3. The van der Waals surface area contributed by atoms with Gasteiger partial charge in [0.1, 0.15) is 12.6 Å². The molecule has 8 heteroatoms. The van der Waals surface area contributed by atoms with E-state index in [1.165, 1.54) is 0 Å². The monoisotopic (exact) mass is 337 g/mol. The Morgan fingerprint density at radius 1 is 1.45 bits per heavy atom. The van der Waals surface area contributed by atoms with Gasteiger partial charge < -0.3 is 16.0 Å². The topological polar surface area (TPSA) is 58.4 Å². The van der Waals surface area contributed by atoms with E-state index >= 15 is 0 Å². The predicted octanol–water partition coefficient (Wildman–Crippen LogP) is 2.51. The maximum absolute atomic E-state index is 12.2. The SMILES string of the molecule is CC(C(=O)NCC(F)(F)F)N1CCCc2c(N)cccc21.Cl. The molecule has 0 radical (unpaired) electrons. The van der Waals surface area contributed by atoms with E-state index in [1.54, 1.807) is 24.0 Å². The molecule has 0 saturated heterocycles. The highest BCUT2D eigenvalue weighted by molar-refractivity contribution is 5.86. The van der Waals surface area contributed by atoms with Gasteiger partial charge >= 0.3 is 6.18 Å². The van der Waals surface area contributed by atoms with E-state index in [0.29, 0.717) is 12.2 Å². The lowest BCUT2D eigenvalue weighted by Crippen LogP contribution is -2.49. The quantitative estimate of drug-likeness (QED) is 0.833. The van der Waals surface area contributed by atoms with Gasteiger partial charge in [0.25, 0.3) is 0 Å². The molecule has 0 spiro atoms. The number of amides is 1. The number of nitrogens with one attached hydrogen (secondary N) is 1. The fraction of sp³-hybridized carbons (Fsp3) is 0.500. The summed E-state index contributed by atoms with van der Waals surface area (Å²) in [7, 11) is 0. The van der Waals surface area contributed by atoms with Crippen molar-refractivity contribution in [3.05, 3.63) is 23.8 Å². The van der Waals surface area contributed by atoms with Crippen molar-refractivity contribution in [2.45, 2.75) is 32.0 Å². The molecule has 1 heterocycles. The van der Waals surface area contributed by atoms with Crippen molar-refractivity contribution >= 4 is 29.7 Å². The van der Waals surface area contributed by atoms with Gasteiger partial charge in [-0.05, 0) is 37.5 Å². The smallest absolute Gasteiger partial charge is 0.398 e. The number of carbonyl (C=O) groups excluding carboxylic acids is 1. The lowest BCUT2D eigenvalue weighted by molar-refractivity contribution is -0.139. The standard InChI is InChI=1S/C14H18F3N3O.ClH/c1-9(13(21)19-8-14(15,16)17)20-7-3-4-10-11(18)5-2-6-12(10)20;/h2,5-6,9H,3-4,7-8,18H2,1H3,(H,19,21);1H. The molecule has 1 unspecified atom stereocenters. The van der Waals surface area contributed by atoms with Crippen LogP contribution in [0.25, 0.3) is 0 Å². The Hall–Kier alpha value is -1.63. The number of nitrogens with two attached hydrogens (primary N) is 1. The summed E-state index contributed by atoms with van der Waals surface area (Å²) in [5.74, 6) is -0.636. The van der Waals surface area contributed by atoms with E-state index < -0.39 is 24.7 Å². The number of hydrogen-bond donors (Lipinski definition) is 2. The van der Waals surface area contributed by atoms with Crippen LogP contribution >= 0.6 is 12.4 Å². The number of carbonyl (C=O) groups is 1. The first-order chi connectivity index (χ1) is 9.79. The van der Waals surface area contributed by atoms with Crippen molar-refractivity contribution in [1.29, 1.82) is 0 Å². The van der Waals surface area contributed by atoms with Crippen LogP contribution in [-0.2, 0) is 11.2 Å². The van der Waals surface area contributed by atoms with Gasteiger partial charge in [0.2, 0.25) is 5.91 Å². The van der Waals surface area contributed by atoms with Crippen molar-refractivity contribution in [3.8, 4) is 0 Å². The second kappa shape index (κ2) is 7.09. The maximum Gasteiger partial charge on any atom is 0.405 e. The van der Waals surface area contributed by atoms with Gasteiger partial charge in [0.05, 0.1) is 0 Å². The number of nitrogens with zero attached hydrogens (tertiary/aromatic N) is 1. The molecule has 124 valence electrons. The molecule has 1 amide bonds. The van der Waals surface area contributed by atoms with Gasteiger partial charge in [-0.1, -0.05) is 6.07 Å². The van der Waals surface area contributed by atoms with Crippen molar-refractivity contribution in [1.82, 2.24) is 5.32 Å². The third-order valence-corrected chi connectivity index (χ3v) is 3.63. The molecule has 22 heavy (non-hydrogen) atoms. The molecule has 1 aliphatic rings. The third kappa shape index (κ3) is 4.19. The molecule has 0 fully saturated rings. The fourth-order valence-corrected chi connectivity index (χ4v) is 2.56. The molecular formula is C14H19ClF3N3O. The first kappa shape index (κ1) is 18.4. The van der Waals surface area contributed by atoms with Crippen LogP contribution in [0.15, 0.2) is 18.2 Å². The molecule has 2 rings (SSSR count). The van der Waals surface area contributed by atoms with E-state index in [2.05, 4.69) is 0 Å². The van der Waals surface area contributed by atoms with E-state index in [9.17, 15) is 18.0 Å². The molecule has 1 atom stereocenters. The van der Waals surface area contributed by atoms with Crippen LogP contribution in [0, 0.1) is 0 Å². The number of hydrogen-bond acceptors (Lipinski definition) is 3. The summed E-state index contributed by atoms with van der Waals surface area (Å²) in [6.07, 6.45) is -2.77. The number of anilines is 2. The van der Waals surface area contributed by atoms with Crippen molar-refractivity contribution < 1.29 is 18.0 Å². The molecular weight excluding hydrogens is 319 g/mol. The van der Waals surface area contributed by atoms with Crippen molar-refractivity contribution in [3.63, 3.8) is 0 Å². The number of fused-ring (bicyclic) bond motifs is 1. The van der Waals surface area contributed by atoms with Crippen LogP contribution in [0.3, 0.4) is 0 Å². The number of rotatable bonds is 3. The van der Waals surface area contributed by atoms with E-state index in [1.807, 2.05) is 11.4 Å². The zero-order valence-electron chi connectivity index (χ0n) is 12.1. The van der Waals surface area contributed by atoms with Gasteiger partial charge in [-0.15, -0.1) is 12.4 Å². The molecule has 0 aliphatic carbocycles. The summed E-state index contributed by atoms with van der Waals surface area (Å²) in [5, 5.41) is 1.93. The Bertz CT molecular complexity index is 537. The van der Waals surface area contributed by atoms with E-state index in [4.69, 9.17) is 5.73 Å². The van der Waals surface area contributed by atoms with Crippen molar-refractivity contribution in [2.75, 3.05) is 23.7 Å². The molecule has 0 aromatic heterocycles. The highest BCUT2D eigenvalue weighted by Gasteiger charge is 2.31. The summed E-state index contributed by atoms with van der Waals surface area (Å²) < 4.78 is 36.5. The van der Waals surface area contributed by atoms with Gasteiger partial charge in [0.15, 0.2) is 0 Å². The van der Waals surface area contributed by atoms with Crippen LogP contribution in [0.5, 0.6) is 0 Å². The van der Waals surface area contributed by atoms with Crippen LogP contribution < -0.4 is 16.0 Å². The normalized spacial score (nSPS) is 15.5. The van der Waals surface area contributed by atoms with E-state index in [-0.39, 0.29) is 12.4 Å². The first-order valence-corrected chi connectivity index (χ1v) is 6.78. The highest BCUT2D eigenvalue weighted by atomic mass is 35.5. The fourth-order valence-electron chi connectivity index (χ4n) is 2.56. The lowest BCUT2D eigenvalue weighted by Gasteiger charge is -2.36. The summed E-state index contributed by atoms with van der Waals surface area (Å²) in [4.78, 5) is 13.7. The average Bonchev–Trinajstić information content (AvgIpc) is 2.43. The number of benzene rings is 1. The summed E-state index contributed by atoms with van der Waals surface area (Å²) in [6.45, 7) is 0.912. The van der Waals surface area contributed by atoms with Crippen LogP contribution in [0.2, 0.25) is 0 Å². The van der Waals surface area contributed by atoms with Gasteiger partial charge in [-0.25, -0.2) is 0 Å². The summed E-state index contributed by atoms with van der Waals surface area (Å²) in [6, 6.07) is 4.75. The minimum Gasteiger partial charge on any atom is -0.398 e. The number of nitrogen functional groups attached to an aromatic ring is 1. The van der Waals surface area contributed by atoms with Crippen molar-refractivity contribution in [2.24, 2.45) is 0 Å². The van der Waals surface area contributed by atoms with Crippen LogP contribution in [-0.4, -0.2) is 31.2 Å². The highest BCUT2D eigenvalue weighted by Crippen LogP contribution is 2.32. The molecule has 1 aliphatic heterocycles. The largest absolute Gasteiger partial charge is 0.405 e. The minimum absolute atomic E-state index is 0. The summed E-state index contributed by atoms with van der Waals surface area (Å²) >= 11 is 0. The van der Waals surface area contributed by atoms with Crippen LogP contribution in [0.1, 0.15) is 18.9 Å². The van der Waals surface area contributed by atoms with Gasteiger partial charge in [-0.3, -0.25) is 4.79 Å². The zero-order valence-corrected chi connectivity index (χ0v) is 12.9. The molecule has 0 saturated carbocycles. The second-order valence-corrected chi connectivity index (χ2v) is 5.15. The van der Waals surface area contributed by atoms with Gasteiger partial charge in [-0.2, -0.15) is 13.2 Å². The van der Waals surface area contributed by atoms with Gasteiger partial charge in [0, 0.05) is 17.9 Å². The second-order valence-electron chi connectivity index (χ2n) is 5.15. The Balaban J connectivity index is 0.00000242. The predicted molar refractivity (Wildman–Crippen MR) is 82.3 cm³/mol. The number of halogens is 4. The van der Waals surface area contributed by atoms with E-state index in [0.717, 1.165) is 24.1 Å². The lowest BCUT2D eigenvalue weighted by atomic mass is 9.98. The summed E-state index contributed by atoms with van der Waals surface area (Å²) in [5.41, 5.74) is 8.36. The Kier molecular flexibility index (Phi) is 5.93. The molecule has 4 nitrogen and oxygen atoms in total. The molecule has 3 N–H and O–H groups in total. The molecule has 1 aromatic carbocycles. The average molecular weight is 338 g/mol. The Morgan fingerprint density at radius 2 is 2.14 bits per heavy atom. The Labute approximate surface area is 133 Å². The minimum atomic E-state index is -4.40. The molecule has 1 aromatic rings. The molecule has 0 bridgehead atoms. The Morgan fingerprint density at radius 3 is 2.77 bits per heavy atom. The van der Waals surface area contributed by atoms with Crippen LogP contribution in [0.4, 0.5) is 24.5 Å². The first-order valence-electron chi connectivity index (χ1n) is 6.78. The maximum atomic E-state index is 12.2.